The van der Waals surface area contributed by atoms with Gasteiger partial charge in [-0.1, -0.05) is 42.0 Å². The molecular formula is C16H20N2O2S. The van der Waals surface area contributed by atoms with Crippen molar-refractivity contribution in [2.24, 2.45) is 0 Å². The molecule has 112 valence electrons. The molecule has 0 atom stereocenters. The molecule has 0 aromatic heterocycles. The second-order valence-electron chi connectivity index (χ2n) is 4.84. The van der Waals surface area contributed by atoms with Gasteiger partial charge in [-0.05, 0) is 31.5 Å². The summed E-state index contributed by atoms with van der Waals surface area (Å²) in [5.74, 6) is 0. The lowest BCUT2D eigenvalue weighted by Crippen LogP contribution is -2.24. The molecule has 0 bridgehead atoms. The van der Waals surface area contributed by atoms with Gasteiger partial charge in [0, 0.05) is 13.1 Å². The molecule has 0 spiro atoms. The number of anilines is 1. The van der Waals surface area contributed by atoms with Gasteiger partial charge in [-0.2, -0.15) is 0 Å². The molecule has 0 unspecified atom stereocenters. The van der Waals surface area contributed by atoms with Crippen LogP contribution in [0.5, 0.6) is 0 Å². The van der Waals surface area contributed by atoms with Gasteiger partial charge < -0.3 is 5.32 Å². The molecule has 0 fully saturated rings. The lowest BCUT2D eigenvalue weighted by molar-refractivity contribution is 0.581. The first-order valence-electron chi connectivity index (χ1n) is 6.91. The highest BCUT2D eigenvalue weighted by molar-refractivity contribution is 7.89. The second-order valence-corrected chi connectivity index (χ2v) is 6.58. The first kappa shape index (κ1) is 15.5. The van der Waals surface area contributed by atoms with Crippen LogP contribution in [0, 0.1) is 6.92 Å². The number of hydrogen-bond acceptors (Lipinski definition) is 3. The quantitative estimate of drug-likeness (QED) is 0.862. The van der Waals surface area contributed by atoms with Gasteiger partial charge in [-0.25, -0.2) is 13.1 Å². The molecule has 0 heterocycles. The van der Waals surface area contributed by atoms with Crippen LogP contribution in [-0.2, 0) is 16.6 Å². The molecular weight excluding hydrogens is 284 g/mol. The predicted molar refractivity (Wildman–Crippen MR) is 85.8 cm³/mol. The van der Waals surface area contributed by atoms with Crippen LogP contribution in [0.2, 0.25) is 0 Å². The molecule has 0 aliphatic rings. The molecule has 2 aromatic carbocycles. The molecule has 4 nitrogen and oxygen atoms in total. The Morgan fingerprint density at radius 2 is 1.81 bits per heavy atom. The van der Waals surface area contributed by atoms with Crippen LogP contribution in [0.25, 0.3) is 0 Å². The molecule has 0 amide bonds. The Kier molecular flexibility index (Phi) is 4.98. The highest BCUT2D eigenvalue weighted by Crippen LogP contribution is 2.20. The standard InChI is InChI=1S/C16H20N2O2S/c1-3-17-15-9-4-5-10-16(15)21(19,20)18-12-14-8-6-7-13(2)11-14/h4-11,17-18H,3,12H2,1-2H3. The van der Waals surface area contributed by atoms with Crippen molar-refractivity contribution in [3.8, 4) is 0 Å². The van der Waals surface area contributed by atoms with Crippen molar-refractivity contribution in [2.45, 2.75) is 25.3 Å². The largest absolute Gasteiger partial charge is 0.384 e. The molecule has 5 heteroatoms. The van der Waals surface area contributed by atoms with Crippen LogP contribution in [-0.4, -0.2) is 15.0 Å². The van der Waals surface area contributed by atoms with Gasteiger partial charge >= 0.3 is 0 Å². The van der Waals surface area contributed by atoms with Crippen molar-refractivity contribution in [3.63, 3.8) is 0 Å². The van der Waals surface area contributed by atoms with E-state index in [2.05, 4.69) is 10.0 Å². The van der Waals surface area contributed by atoms with Crippen molar-refractivity contribution in [2.75, 3.05) is 11.9 Å². The average molecular weight is 304 g/mol. The summed E-state index contributed by atoms with van der Waals surface area (Å²) in [6.07, 6.45) is 0. The van der Waals surface area contributed by atoms with Crippen molar-refractivity contribution >= 4 is 15.7 Å². The van der Waals surface area contributed by atoms with E-state index in [1.54, 1.807) is 18.2 Å². The number of rotatable bonds is 6. The Labute approximate surface area is 126 Å². The van der Waals surface area contributed by atoms with Gasteiger partial charge in [0.25, 0.3) is 0 Å². The van der Waals surface area contributed by atoms with E-state index in [0.29, 0.717) is 12.2 Å². The fourth-order valence-electron chi connectivity index (χ4n) is 2.12. The number of sulfonamides is 1. The van der Waals surface area contributed by atoms with Crippen molar-refractivity contribution in [1.82, 2.24) is 4.72 Å². The molecule has 0 radical (unpaired) electrons. The van der Waals surface area contributed by atoms with E-state index in [0.717, 1.165) is 11.1 Å². The number of hydrogen-bond donors (Lipinski definition) is 2. The zero-order valence-corrected chi connectivity index (χ0v) is 13.1. The Hall–Kier alpha value is -1.85. The smallest absolute Gasteiger partial charge is 0.242 e. The number of nitrogens with one attached hydrogen (secondary N) is 2. The maximum absolute atomic E-state index is 12.4. The van der Waals surface area contributed by atoms with Gasteiger partial charge in [0.2, 0.25) is 10.0 Å². The Morgan fingerprint density at radius 3 is 2.52 bits per heavy atom. The highest BCUT2D eigenvalue weighted by Gasteiger charge is 2.17. The lowest BCUT2D eigenvalue weighted by atomic mass is 10.1. The topological polar surface area (TPSA) is 58.2 Å². The highest BCUT2D eigenvalue weighted by atomic mass is 32.2. The fraction of sp³-hybridized carbons (Fsp3) is 0.250. The Balaban J connectivity index is 2.19. The summed E-state index contributed by atoms with van der Waals surface area (Å²) in [6, 6.07) is 14.7. The summed E-state index contributed by atoms with van der Waals surface area (Å²) in [7, 11) is -3.54. The van der Waals surface area contributed by atoms with Crippen molar-refractivity contribution in [3.05, 3.63) is 59.7 Å². The van der Waals surface area contributed by atoms with E-state index in [1.165, 1.54) is 0 Å². The summed E-state index contributed by atoms with van der Waals surface area (Å²) in [4.78, 5) is 0.277. The number of aryl methyl sites for hydroxylation is 1. The Bertz CT molecular complexity index is 712. The molecule has 2 aromatic rings. The van der Waals surface area contributed by atoms with Gasteiger partial charge in [-0.15, -0.1) is 0 Å². The third-order valence-corrected chi connectivity index (χ3v) is 4.55. The second kappa shape index (κ2) is 6.74. The first-order chi connectivity index (χ1) is 10.0. The lowest BCUT2D eigenvalue weighted by Gasteiger charge is -2.12. The van der Waals surface area contributed by atoms with Gasteiger partial charge in [0.15, 0.2) is 0 Å². The normalized spacial score (nSPS) is 11.3. The Morgan fingerprint density at radius 1 is 1.05 bits per heavy atom. The summed E-state index contributed by atoms with van der Waals surface area (Å²) in [5, 5.41) is 3.07. The van der Waals surface area contributed by atoms with E-state index in [9.17, 15) is 8.42 Å². The van der Waals surface area contributed by atoms with E-state index in [-0.39, 0.29) is 11.4 Å². The van der Waals surface area contributed by atoms with Crippen LogP contribution in [0.1, 0.15) is 18.1 Å². The monoisotopic (exact) mass is 304 g/mol. The number of para-hydroxylation sites is 1. The predicted octanol–water partition coefficient (Wildman–Crippen LogP) is 2.91. The van der Waals surface area contributed by atoms with Crippen LogP contribution in [0.4, 0.5) is 5.69 Å². The minimum Gasteiger partial charge on any atom is -0.384 e. The molecule has 0 saturated heterocycles. The summed E-state index contributed by atoms with van der Waals surface area (Å²) in [5.41, 5.74) is 2.68. The molecule has 0 aliphatic heterocycles. The van der Waals surface area contributed by atoms with E-state index < -0.39 is 10.0 Å². The first-order valence-corrected chi connectivity index (χ1v) is 8.39. The van der Waals surface area contributed by atoms with Crippen LogP contribution >= 0.6 is 0 Å². The average Bonchev–Trinajstić information content (AvgIpc) is 2.46. The maximum Gasteiger partial charge on any atom is 0.242 e. The maximum atomic E-state index is 12.4. The summed E-state index contributed by atoms with van der Waals surface area (Å²) in [6.45, 7) is 4.87. The molecule has 2 N–H and O–H groups in total. The van der Waals surface area contributed by atoms with E-state index in [1.807, 2.05) is 44.2 Å². The minimum absolute atomic E-state index is 0.277. The van der Waals surface area contributed by atoms with Gasteiger partial charge in [-0.3, -0.25) is 0 Å². The third kappa shape index (κ3) is 4.06. The molecule has 0 saturated carbocycles. The van der Waals surface area contributed by atoms with Crippen LogP contribution < -0.4 is 10.0 Å². The molecule has 0 aliphatic carbocycles. The van der Waals surface area contributed by atoms with Crippen molar-refractivity contribution < 1.29 is 8.42 Å². The molecule has 21 heavy (non-hydrogen) atoms. The van der Waals surface area contributed by atoms with Crippen molar-refractivity contribution in [1.29, 1.82) is 0 Å². The van der Waals surface area contributed by atoms with Crippen LogP contribution in [0.3, 0.4) is 0 Å². The zero-order chi connectivity index (χ0) is 15.3. The summed E-state index contributed by atoms with van der Waals surface area (Å²) < 4.78 is 27.5. The zero-order valence-electron chi connectivity index (χ0n) is 12.3. The fourth-order valence-corrected chi connectivity index (χ4v) is 3.32. The van der Waals surface area contributed by atoms with E-state index in [4.69, 9.17) is 0 Å². The third-order valence-electron chi connectivity index (χ3n) is 3.09. The minimum atomic E-state index is -3.54. The molecule has 2 rings (SSSR count). The SMILES string of the molecule is CCNc1ccccc1S(=O)(=O)NCc1cccc(C)c1. The van der Waals surface area contributed by atoms with E-state index >= 15 is 0 Å². The van der Waals surface area contributed by atoms with Crippen LogP contribution in [0.15, 0.2) is 53.4 Å². The number of benzene rings is 2. The summed E-state index contributed by atoms with van der Waals surface area (Å²) >= 11 is 0. The van der Waals surface area contributed by atoms with Gasteiger partial charge in [0.1, 0.15) is 4.90 Å². The van der Waals surface area contributed by atoms with Gasteiger partial charge in [0.05, 0.1) is 5.69 Å².